The van der Waals surface area contributed by atoms with Crippen molar-refractivity contribution < 1.29 is 0 Å². The van der Waals surface area contributed by atoms with Crippen molar-refractivity contribution in [2.45, 2.75) is 66.1 Å². The molecule has 0 saturated heterocycles. The van der Waals surface area contributed by atoms with Crippen LogP contribution in [0.4, 0.5) is 0 Å². The number of hydrogen-bond donors (Lipinski definition) is 0. The van der Waals surface area contributed by atoms with Gasteiger partial charge in [-0.3, -0.25) is 13.9 Å². The van der Waals surface area contributed by atoms with Gasteiger partial charge in [-0.25, -0.2) is 9.78 Å². The van der Waals surface area contributed by atoms with Crippen LogP contribution in [-0.2, 0) is 19.6 Å². The van der Waals surface area contributed by atoms with Crippen LogP contribution >= 0.6 is 0 Å². The predicted molar refractivity (Wildman–Crippen MR) is 108 cm³/mol. The molecule has 27 heavy (non-hydrogen) atoms. The number of aryl methyl sites for hydroxylation is 1. The monoisotopic (exact) mass is 368 g/mol. The van der Waals surface area contributed by atoms with E-state index in [2.05, 4.69) is 26.0 Å². The zero-order valence-electron chi connectivity index (χ0n) is 16.6. The van der Waals surface area contributed by atoms with E-state index in [-0.39, 0.29) is 17.2 Å². The lowest BCUT2D eigenvalue weighted by Crippen LogP contribution is -2.40. The maximum atomic E-state index is 13.1. The lowest BCUT2D eigenvalue weighted by molar-refractivity contribution is 0.547. The van der Waals surface area contributed by atoms with Crippen molar-refractivity contribution in [3.8, 4) is 0 Å². The fourth-order valence-electron chi connectivity index (χ4n) is 3.54. The first kappa shape index (κ1) is 19.1. The molecule has 1 aromatic carbocycles. The van der Waals surface area contributed by atoms with Gasteiger partial charge in [-0.15, -0.1) is 0 Å². The summed E-state index contributed by atoms with van der Waals surface area (Å²) in [6, 6.07) is 10.1. The molecule has 2 aromatic heterocycles. The average molecular weight is 368 g/mol. The van der Waals surface area contributed by atoms with Gasteiger partial charge in [0.15, 0.2) is 11.2 Å². The summed E-state index contributed by atoms with van der Waals surface area (Å²) in [7, 11) is 0. The molecule has 2 heterocycles. The fraction of sp³-hybridized carbons (Fsp3) is 0.476. The van der Waals surface area contributed by atoms with Crippen LogP contribution in [0.15, 0.2) is 39.9 Å². The summed E-state index contributed by atoms with van der Waals surface area (Å²) in [5.74, 6) is 0.981. The maximum absolute atomic E-state index is 13.1. The lowest BCUT2D eigenvalue weighted by atomic mass is 10.2. The van der Waals surface area contributed by atoms with Gasteiger partial charge in [0, 0.05) is 19.0 Å². The van der Waals surface area contributed by atoms with Gasteiger partial charge < -0.3 is 4.57 Å². The molecule has 0 bridgehead atoms. The third-order valence-corrected chi connectivity index (χ3v) is 4.73. The van der Waals surface area contributed by atoms with Crippen molar-refractivity contribution in [2.24, 2.45) is 0 Å². The van der Waals surface area contributed by atoms with Crippen LogP contribution in [0.2, 0.25) is 0 Å². The quantitative estimate of drug-likeness (QED) is 0.642. The van der Waals surface area contributed by atoms with Crippen LogP contribution in [0.3, 0.4) is 0 Å². The number of hydrogen-bond acceptors (Lipinski definition) is 3. The molecular formula is C21H28N4O2. The van der Waals surface area contributed by atoms with Crippen LogP contribution in [0.5, 0.6) is 0 Å². The van der Waals surface area contributed by atoms with Crippen LogP contribution in [0.25, 0.3) is 11.2 Å². The molecule has 0 amide bonds. The molecule has 0 saturated carbocycles. The fourth-order valence-corrected chi connectivity index (χ4v) is 3.54. The van der Waals surface area contributed by atoms with Crippen molar-refractivity contribution in [3.63, 3.8) is 0 Å². The van der Waals surface area contributed by atoms with E-state index in [9.17, 15) is 9.59 Å². The van der Waals surface area contributed by atoms with Crippen molar-refractivity contribution in [2.75, 3.05) is 0 Å². The van der Waals surface area contributed by atoms with Crippen LogP contribution < -0.4 is 11.2 Å². The predicted octanol–water partition coefficient (Wildman–Crippen LogP) is 3.35. The molecule has 0 aliphatic carbocycles. The van der Waals surface area contributed by atoms with Gasteiger partial charge >= 0.3 is 5.69 Å². The summed E-state index contributed by atoms with van der Waals surface area (Å²) < 4.78 is 5.11. The van der Waals surface area contributed by atoms with Crippen molar-refractivity contribution in [3.05, 3.63) is 62.6 Å². The Kier molecular flexibility index (Phi) is 5.63. The molecule has 144 valence electrons. The molecule has 0 N–H and O–H groups in total. The van der Waals surface area contributed by atoms with Crippen molar-refractivity contribution >= 4 is 11.2 Å². The molecule has 0 aliphatic rings. The number of rotatable bonds is 7. The summed E-state index contributed by atoms with van der Waals surface area (Å²) in [6.45, 7) is 9.70. The normalized spacial score (nSPS) is 11.6. The van der Waals surface area contributed by atoms with E-state index in [1.165, 1.54) is 4.57 Å². The van der Waals surface area contributed by atoms with Gasteiger partial charge in [0.05, 0.1) is 6.54 Å². The number of fused-ring (bicyclic) bond motifs is 1. The van der Waals surface area contributed by atoms with Gasteiger partial charge in [-0.1, -0.05) is 58.0 Å². The van der Waals surface area contributed by atoms with E-state index >= 15 is 0 Å². The lowest BCUT2D eigenvalue weighted by Gasteiger charge is -2.15. The number of aromatic nitrogens is 4. The molecular weight excluding hydrogens is 340 g/mol. The average Bonchev–Trinajstić information content (AvgIpc) is 3.03. The summed E-state index contributed by atoms with van der Waals surface area (Å²) in [4.78, 5) is 30.8. The van der Waals surface area contributed by atoms with Crippen LogP contribution in [-0.4, -0.2) is 18.7 Å². The van der Waals surface area contributed by atoms with E-state index < -0.39 is 0 Å². The largest absolute Gasteiger partial charge is 0.332 e. The van der Waals surface area contributed by atoms with Gasteiger partial charge in [-0.2, -0.15) is 0 Å². The van der Waals surface area contributed by atoms with Crippen LogP contribution in [0.1, 0.15) is 57.8 Å². The Balaban J connectivity index is 2.37. The summed E-state index contributed by atoms with van der Waals surface area (Å²) >= 11 is 0. The first-order chi connectivity index (χ1) is 13.0. The molecule has 0 atom stereocenters. The highest BCUT2D eigenvalue weighted by atomic mass is 16.2. The smallest absolute Gasteiger partial charge is 0.309 e. The highest BCUT2D eigenvalue weighted by Crippen LogP contribution is 2.21. The summed E-state index contributed by atoms with van der Waals surface area (Å²) in [5.41, 5.74) is 1.65. The molecule has 0 aliphatic heterocycles. The summed E-state index contributed by atoms with van der Waals surface area (Å²) in [5, 5.41) is 0. The van der Waals surface area contributed by atoms with Gasteiger partial charge in [0.2, 0.25) is 0 Å². The Morgan fingerprint density at radius 1 is 0.926 bits per heavy atom. The first-order valence-corrected chi connectivity index (χ1v) is 9.77. The first-order valence-electron chi connectivity index (χ1n) is 9.77. The molecule has 0 fully saturated rings. The highest BCUT2D eigenvalue weighted by molar-refractivity contribution is 5.71. The van der Waals surface area contributed by atoms with E-state index in [0.717, 1.165) is 24.2 Å². The van der Waals surface area contributed by atoms with Gasteiger partial charge in [-0.05, 0) is 18.4 Å². The van der Waals surface area contributed by atoms with E-state index in [1.807, 2.05) is 36.6 Å². The molecule has 0 spiro atoms. The number of imidazole rings is 1. The Bertz CT molecular complexity index is 1040. The Hall–Kier alpha value is -2.63. The van der Waals surface area contributed by atoms with Crippen molar-refractivity contribution in [1.29, 1.82) is 0 Å². The van der Waals surface area contributed by atoms with Crippen molar-refractivity contribution in [1.82, 2.24) is 18.7 Å². The summed E-state index contributed by atoms with van der Waals surface area (Å²) in [6.07, 6.45) is 1.54. The standard InChI is InChI=1S/C21H28N4O2/c1-5-12-23-19-17(20(26)24(13-6-2)21(23)27)22-18(15(3)4)25(19)14-16-10-8-7-9-11-16/h7-11,15H,5-6,12-14H2,1-4H3. The zero-order valence-corrected chi connectivity index (χ0v) is 16.6. The third kappa shape index (κ3) is 3.48. The Labute approximate surface area is 159 Å². The number of nitrogens with zero attached hydrogens (tertiary/aromatic N) is 4. The third-order valence-electron chi connectivity index (χ3n) is 4.73. The second kappa shape index (κ2) is 7.94. The number of benzene rings is 1. The molecule has 0 unspecified atom stereocenters. The van der Waals surface area contributed by atoms with Gasteiger partial charge in [0.25, 0.3) is 5.56 Å². The molecule has 3 aromatic rings. The minimum Gasteiger partial charge on any atom is -0.309 e. The molecule has 0 radical (unpaired) electrons. The minimum absolute atomic E-state index is 0.144. The Morgan fingerprint density at radius 2 is 1.56 bits per heavy atom. The van der Waals surface area contributed by atoms with E-state index in [1.54, 1.807) is 4.57 Å². The maximum Gasteiger partial charge on any atom is 0.332 e. The topological polar surface area (TPSA) is 61.8 Å². The molecule has 6 heteroatoms. The zero-order chi connectivity index (χ0) is 19.6. The molecule has 6 nitrogen and oxygen atoms in total. The van der Waals surface area contributed by atoms with Gasteiger partial charge in [0.1, 0.15) is 5.82 Å². The van der Waals surface area contributed by atoms with E-state index in [0.29, 0.717) is 30.8 Å². The highest BCUT2D eigenvalue weighted by Gasteiger charge is 2.22. The molecule has 3 rings (SSSR count). The van der Waals surface area contributed by atoms with E-state index in [4.69, 9.17) is 4.98 Å². The second-order valence-corrected chi connectivity index (χ2v) is 7.26. The van der Waals surface area contributed by atoms with Crippen LogP contribution in [0, 0.1) is 0 Å². The minimum atomic E-state index is -0.280. The Morgan fingerprint density at radius 3 is 2.15 bits per heavy atom. The SMILES string of the molecule is CCCn1c(=O)c2nc(C(C)C)n(Cc3ccccc3)c2n(CCC)c1=O. The second-order valence-electron chi connectivity index (χ2n) is 7.26.